The second kappa shape index (κ2) is 6.13. The van der Waals surface area contributed by atoms with Gasteiger partial charge in [-0.25, -0.2) is 4.39 Å². The lowest BCUT2D eigenvalue weighted by atomic mass is 9.44. The van der Waals surface area contributed by atoms with Gasteiger partial charge in [0.15, 0.2) is 28.6 Å². The fourth-order valence-electron chi connectivity index (χ4n) is 7.93. The molecule has 31 heavy (non-hydrogen) atoms. The summed E-state index contributed by atoms with van der Waals surface area (Å²) in [4.78, 5) is 25.1. The summed E-state index contributed by atoms with van der Waals surface area (Å²) in [5.74, 6) is -2.46. The number of aliphatic hydroxyl groups is 2. The van der Waals surface area contributed by atoms with E-state index in [0.717, 1.165) is 5.57 Å². The molecule has 8 atom stereocenters. The van der Waals surface area contributed by atoms with Crippen molar-refractivity contribution in [3.05, 3.63) is 23.8 Å². The summed E-state index contributed by atoms with van der Waals surface area (Å²) in [6.07, 6.45) is 4.00. The molecule has 170 valence electrons. The largest absolute Gasteiger partial charge is 0.390 e. The number of Topliss-reactive ketones (excluding diaryl/α,β-unsaturated/α-hetero) is 1. The molecule has 0 aromatic rings. The number of hydrogen-bond donors (Lipinski definition) is 2. The van der Waals surface area contributed by atoms with E-state index < -0.39 is 58.4 Å². The van der Waals surface area contributed by atoms with Crippen molar-refractivity contribution >= 4 is 11.6 Å². The third-order valence-electron chi connectivity index (χ3n) is 9.19. The number of fused-ring (bicyclic) bond motifs is 7. The SMILES string of the molecule is CC1(C)O[C@@H]2C[C@@H]3[C@H]4CCC5=CC(=O)C=C[C@]5(C)[C@@]4(F)[C@H](O)C[C@]3(C)[C@]2(C(=O)CO)O1. The number of ether oxygens (including phenoxy) is 2. The molecule has 0 spiro atoms. The molecule has 4 fully saturated rings. The van der Waals surface area contributed by atoms with Gasteiger partial charge in [0.1, 0.15) is 6.61 Å². The summed E-state index contributed by atoms with van der Waals surface area (Å²) in [7, 11) is 0. The molecule has 3 saturated carbocycles. The fourth-order valence-corrected chi connectivity index (χ4v) is 7.93. The Morgan fingerprint density at radius 2 is 1.97 bits per heavy atom. The molecule has 2 N–H and O–H groups in total. The summed E-state index contributed by atoms with van der Waals surface area (Å²) >= 11 is 0. The summed E-state index contributed by atoms with van der Waals surface area (Å²) < 4.78 is 29.5. The number of alkyl halides is 1. The number of aliphatic hydroxyl groups excluding tert-OH is 2. The Balaban J connectivity index is 1.64. The van der Waals surface area contributed by atoms with Crippen molar-refractivity contribution in [2.75, 3.05) is 6.61 Å². The van der Waals surface area contributed by atoms with Crippen LogP contribution in [-0.2, 0) is 19.1 Å². The quantitative estimate of drug-likeness (QED) is 0.694. The van der Waals surface area contributed by atoms with Gasteiger partial charge in [-0.3, -0.25) is 9.59 Å². The van der Waals surface area contributed by atoms with Crippen molar-refractivity contribution in [1.82, 2.24) is 0 Å². The molecule has 0 radical (unpaired) electrons. The highest BCUT2D eigenvalue weighted by Gasteiger charge is 2.79. The van der Waals surface area contributed by atoms with E-state index in [1.807, 2.05) is 6.92 Å². The number of hydrogen-bond acceptors (Lipinski definition) is 6. The second-order valence-corrected chi connectivity index (χ2v) is 10.9. The molecule has 7 heteroatoms. The van der Waals surface area contributed by atoms with Gasteiger partial charge in [-0.1, -0.05) is 18.6 Å². The Morgan fingerprint density at radius 1 is 1.26 bits per heavy atom. The van der Waals surface area contributed by atoms with Crippen molar-refractivity contribution in [1.29, 1.82) is 0 Å². The van der Waals surface area contributed by atoms with Crippen LogP contribution in [-0.4, -0.2) is 57.7 Å². The Kier molecular flexibility index (Phi) is 4.24. The van der Waals surface area contributed by atoms with Gasteiger partial charge in [-0.2, -0.15) is 0 Å². The predicted molar refractivity (Wildman–Crippen MR) is 109 cm³/mol. The van der Waals surface area contributed by atoms with Gasteiger partial charge in [-0.05, 0) is 64.5 Å². The first-order valence-electron chi connectivity index (χ1n) is 11.2. The normalized spacial score (nSPS) is 52.1. The fraction of sp³-hybridized carbons (Fsp3) is 0.750. The molecule has 0 aromatic carbocycles. The third-order valence-corrected chi connectivity index (χ3v) is 9.19. The van der Waals surface area contributed by atoms with Gasteiger partial charge in [0, 0.05) is 16.7 Å². The molecule has 0 amide bonds. The number of carbonyl (C=O) groups excluding carboxylic acids is 2. The molecule has 6 nitrogen and oxygen atoms in total. The number of halogens is 1. The van der Waals surface area contributed by atoms with Crippen LogP contribution in [0.25, 0.3) is 0 Å². The van der Waals surface area contributed by atoms with Crippen molar-refractivity contribution in [3.8, 4) is 0 Å². The molecule has 5 rings (SSSR count). The topological polar surface area (TPSA) is 93.1 Å². The average molecular weight is 435 g/mol. The molecular formula is C24H31FO6. The zero-order valence-corrected chi connectivity index (χ0v) is 18.5. The molecule has 5 aliphatic rings. The summed E-state index contributed by atoms with van der Waals surface area (Å²) in [5, 5.41) is 21.2. The number of carbonyl (C=O) groups is 2. The van der Waals surface area contributed by atoms with Crippen molar-refractivity contribution in [3.63, 3.8) is 0 Å². The second-order valence-electron chi connectivity index (χ2n) is 10.9. The lowest BCUT2D eigenvalue weighted by molar-refractivity contribution is -0.246. The lowest BCUT2D eigenvalue weighted by Gasteiger charge is -2.62. The zero-order valence-electron chi connectivity index (χ0n) is 18.5. The van der Waals surface area contributed by atoms with Crippen LogP contribution in [0.15, 0.2) is 23.8 Å². The van der Waals surface area contributed by atoms with Crippen molar-refractivity contribution in [2.45, 2.75) is 82.6 Å². The minimum atomic E-state index is -1.98. The van der Waals surface area contributed by atoms with Gasteiger partial charge in [0.25, 0.3) is 0 Å². The van der Waals surface area contributed by atoms with E-state index in [4.69, 9.17) is 9.47 Å². The van der Waals surface area contributed by atoms with Gasteiger partial charge in [-0.15, -0.1) is 0 Å². The van der Waals surface area contributed by atoms with Crippen LogP contribution in [0.5, 0.6) is 0 Å². The molecular weight excluding hydrogens is 403 g/mol. The Morgan fingerprint density at radius 3 is 2.65 bits per heavy atom. The van der Waals surface area contributed by atoms with Crippen LogP contribution < -0.4 is 0 Å². The Labute approximate surface area is 181 Å². The van der Waals surface area contributed by atoms with Crippen molar-refractivity contribution < 1.29 is 33.7 Å². The number of ketones is 2. The van der Waals surface area contributed by atoms with Crippen LogP contribution in [0.4, 0.5) is 4.39 Å². The lowest BCUT2D eigenvalue weighted by Crippen LogP contribution is -2.70. The van der Waals surface area contributed by atoms with Gasteiger partial charge >= 0.3 is 0 Å². The zero-order chi connectivity index (χ0) is 22.6. The van der Waals surface area contributed by atoms with E-state index in [0.29, 0.717) is 19.3 Å². The van der Waals surface area contributed by atoms with E-state index >= 15 is 4.39 Å². The van der Waals surface area contributed by atoms with Gasteiger partial charge in [0.05, 0.1) is 12.2 Å². The maximum atomic E-state index is 17.1. The molecule has 0 unspecified atom stereocenters. The third kappa shape index (κ3) is 2.31. The average Bonchev–Trinajstić information content (AvgIpc) is 3.09. The maximum Gasteiger partial charge on any atom is 0.193 e. The van der Waals surface area contributed by atoms with E-state index in [-0.39, 0.29) is 18.1 Å². The van der Waals surface area contributed by atoms with Crippen LogP contribution >= 0.6 is 0 Å². The highest BCUT2D eigenvalue weighted by atomic mass is 19.1. The summed E-state index contributed by atoms with van der Waals surface area (Å²) in [6, 6.07) is 0. The molecule has 1 aliphatic heterocycles. The first kappa shape index (κ1) is 21.4. The molecule has 1 heterocycles. The number of rotatable bonds is 2. The monoisotopic (exact) mass is 434 g/mol. The summed E-state index contributed by atoms with van der Waals surface area (Å²) in [6.45, 7) is 6.41. The van der Waals surface area contributed by atoms with Crippen LogP contribution in [0.3, 0.4) is 0 Å². The van der Waals surface area contributed by atoms with Crippen molar-refractivity contribution in [2.24, 2.45) is 22.7 Å². The smallest absolute Gasteiger partial charge is 0.193 e. The van der Waals surface area contributed by atoms with Gasteiger partial charge < -0.3 is 19.7 Å². The highest BCUT2D eigenvalue weighted by molar-refractivity contribution is 6.01. The minimum Gasteiger partial charge on any atom is -0.390 e. The first-order valence-corrected chi connectivity index (χ1v) is 11.2. The van der Waals surface area contributed by atoms with Crippen LogP contribution in [0.2, 0.25) is 0 Å². The van der Waals surface area contributed by atoms with E-state index in [9.17, 15) is 19.8 Å². The summed E-state index contributed by atoms with van der Waals surface area (Å²) in [5.41, 5.74) is -4.66. The molecule has 4 aliphatic carbocycles. The first-order chi connectivity index (χ1) is 14.4. The highest BCUT2D eigenvalue weighted by Crippen LogP contribution is 2.72. The van der Waals surface area contributed by atoms with E-state index in [1.54, 1.807) is 26.8 Å². The van der Waals surface area contributed by atoms with Gasteiger partial charge in [0.2, 0.25) is 0 Å². The maximum absolute atomic E-state index is 17.1. The molecule has 0 bridgehead atoms. The minimum absolute atomic E-state index is 0.0109. The molecule has 1 saturated heterocycles. The predicted octanol–water partition coefficient (Wildman–Crippen LogP) is 2.42. The van der Waals surface area contributed by atoms with E-state index in [1.165, 1.54) is 12.2 Å². The van der Waals surface area contributed by atoms with Crippen LogP contribution in [0, 0.1) is 22.7 Å². The Hall–Kier alpha value is -1.41. The standard InChI is InChI=1S/C24H31FO6/c1-20(2)30-19-10-16-15-6-5-13-9-14(27)7-8-21(13,3)23(15,25)17(28)11-22(16,4)24(19,31-20)18(29)12-26/h7-9,15-17,19,26,28H,5-6,10-12H2,1-4H3/t15-,16-,17-,19-,21+,22+,23+,24-/m1/s1. The Bertz CT molecular complexity index is 925. The molecule has 0 aromatic heterocycles. The van der Waals surface area contributed by atoms with E-state index in [2.05, 4.69) is 0 Å². The number of allylic oxidation sites excluding steroid dienone is 4. The van der Waals surface area contributed by atoms with Crippen LogP contribution in [0.1, 0.15) is 53.4 Å².